The number of aliphatic carboxylic acids is 1. The van der Waals surface area contributed by atoms with Crippen LogP contribution in [0, 0.1) is 0 Å². The van der Waals surface area contributed by atoms with Crippen molar-refractivity contribution in [2.75, 3.05) is 31.3 Å². The smallest absolute Gasteiger partial charge is 0.334 e. The van der Waals surface area contributed by atoms with Crippen molar-refractivity contribution in [3.63, 3.8) is 0 Å². The number of amides is 2. The van der Waals surface area contributed by atoms with Gasteiger partial charge in [-0.2, -0.15) is 0 Å². The first kappa shape index (κ1) is 15.1. The normalized spacial score (nSPS) is 26.6. The summed E-state index contributed by atoms with van der Waals surface area (Å²) in [4.78, 5) is 38.3. The minimum absolute atomic E-state index is 0.0450. The van der Waals surface area contributed by atoms with E-state index in [2.05, 4.69) is 0 Å². The van der Waals surface area contributed by atoms with Gasteiger partial charge in [-0.15, -0.1) is 11.8 Å². The third-order valence-electron chi connectivity index (χ3n) is 3.44. The van der Waals surface area contributed by atoms with Crippen LogP contribution in [0.3, 0.4) is 0 Å². The van der Waals surface area contributed by atoms with Crippen molar-refractivity contribution in [3.8, 4) is 0 Å². The average molecular weight is 302 g/mol. The fourth-order valence-corrected chi connectivity index (χ4v) is 3.48. The molecule has 1 N–H and O–H groups in total. The summed E-state index contributed by atoms with van der Waals surface area (Å²) in [7, 11) is 0. The van der Waals surface area contributed by atoms with Crippen LogP contribution in [0.15, 0.2) is 0 Å². The van der Waals surface area contributed by atoms with Crippen LogP contribution in [0.5, 0.6) is 0 Å². The van der Waals surface area contributed by atoms with Crippen molar-refractivity contribution in [3.05, 3.63) is 0 Å². The van der Waals surface area contributed by atoms with Gasteiger partial charge in [0.2, 0.25) is 11.8 Å². The zero-order valence-electron chi connectivity index (χ0n) is 11.3. The Bertz CT molecular complexity index is 417. The summed E-state index contributed by atoms with van der Waals surface area (Å²) < 4.78 is 5.10. The van der Waals surface area contributed by atoms with E-state index in [4.69, 9.17) is 9.84 Å². The molecule has 112 valence electrons. The van der Waals surface area contributed by atoms with Gasteiger partial charge >= 0.3 is 5.97 Å². The summed E-state index contributed by atoms with van der Waals surface area (Å²) in [5.41, 5.74) is 0. The molecular formula is C12H18N2O5S. The second-order valence-corrected chi connectivity index (χ2v) is 5.71. The molecule has 20 heavy (non-hydrogen) atoms. The summed E-state index contributed by atoms with van der Waals surface area (Å²) in [5.74, 6) is -0.192. The quantitative estimate of drug-likeness (QED) is 0.764. The van der Waals surface area contributed by atoms with Crippen molar-refractivity contribution >= 4 is 29.5 Å². The maximum Gasteiger partial charge on any atom is 0.334 e. The lowest BCUT2D eigenvalue weighted by molar-refractivity contribution is -0.161. The number of carbonyl (C=O) groups excluding carboxylic acids is 2. The van der Waals surface area contributed by atoms with Gasteiger partial charge in [0.1, 0.15) is 6.04 Å². The van der Waals surface area contributed by atoms with E-state index in [1.807, 2.05) is 0 Å². The van der Waals surface area contributed by atoms with Crippen LogP contribution in [0.2, 0.25) is 0 Å². The molecule has 2 unspecified atom stereocenters. The molecule has 2 heterocycles. The molecule has 2 fully saturated rings. The summed E-state index contributed by atoms with van der Waals surface area (Å²) in [6.07, 6.45) is -0.609. The summed E-state index contributed by atoms with van der Waals surface area (Å²) in [6.45, 7) is 2.40. The molecular weight excluding hydrogens is 284 g/mol. The van der Waals surface area contributed by atoms with Crippen LogP contribution in [-0.4, -0.2) is 76.2 Å². The van der Waals surface area contributed by atoms with Gasteiger partial charge < -0.3 is 19.6 Å². The third kappa shape index (κ3) is 3.06. The molecule has 0 aromatic carbocycles. The van der Waals surface area contributed by atoms with E-state index < -0.39 is 18.1 Å². The van der Waals surface area contributed by atoms with E-state index in [-0.39, 0.29) is 25.0 Å². The highest BCUT2D eigenvalue weighted by atomic mass is 32.2. The molecule has 0 saturated carbocycles. The van der Waals surface area contributed by atoms with Gasteiger partial charge in [-0.1, -0.05) is 6.92 Å². The molecule has 0 spiro atoms. The van der Waals surface area contributed by atoms with Crippen molar-refractivity contribution in [2.45, 2.75) is 25.5 Å². The molecule has 2 aliphatic heterocycles. The molecule has 7 nitrogen and oxygen atoms in total. The highest BCUT2D eigenvalue weighted by Crippen LogP contribution is 2.24. The predicted molar refractivity (Wildman–Crippen MR) is 72.2 cm³/mol. The van der Waals surface area contributed by atoms with Gasteiger partial charge in [-0.05, 0) is 0 Å². The molecule has 2 aliphatic rings. The Balaban J connectivity index is 2.02. The zero-order valence-corrected chi connectivity index (χ0v) is 12.1. The first-order chi connectivity index (χ1) is 9.54. The lowest BCUT2D eigenvalue weighted by Crippen LogP contribution is -2.55. The maximum absolute atomic E-state index is 12.5. The van der Waals surface area contributed by atoms with Crippen LogP contribution in [-0.2, 0) is 19.1 Å². The number of carboxylic acid groups (broad SMARTS) is 1. The van der Waals surface area contributed by atoms with Crippen LogP contribution in [0.1, 0.15) is 13.3 Å². The monoisotopic (exact) mass is 302 g/mol. The number of ether oxygens (including phenoxy) is 1. The van der Waals surface area contributed by atoms with E-state index in [0.717, 1.165) is 0 Å². The van der Waals surface area contributed by atoms with Gasteiger partial charge in [0.05, 0.1) is 19.0 Å². The highest BCUT2D eigenvalue weighted by molar-refractivity contribution is 7.99. The number of thioether (sulfide) groups is 1. The number of hydrogen-bond acceptors (Lipinski definition) is 5. The molecule has 2 saturated heterocycles. The van der Waals surface area contributed by atoms with E-state index in [1.54, 1.807) is 23.6 Å². The van der Waals surface area contributed by atoms with E-state index >= 15 is 0 Å². The lowest BCUT2D eigenvalue weighted by atomic mass is 10.2. The third-order valence-corrected chi connectivity index (χ3v) is 4.46. The Hall–Kier alpha value is -1.28. The van der Waals surface area contributed by atoms with Gasteiger partial charge in [-0.25, -0.2) is 4.79 Å². The molecule has 0 bridgehead atoms. The van der Waals surface area contributed by atoms with Gasteiger partial charge in [0, 0.05) is 18.7 Å². The molecule has 2 rings (SSSR count). The first-order valence-corrected chi connectivity index (χ1v) is 7.70. The Morgan fingerprint density at radius 3 is 2.80 bits per heavy atom. The molecule has 2 amide bonds. The summed E-state index contributed by atoms with van der Waals surface area (Å²) in [6, 6.07) is -0.472. The Labute approximate surface area is 121 Å². The Kier molecular flexibility index (Phi) is 4.87. The molecule has 0 aliphatic carbocycles. The predicted octanol–water partition coefficient (Wildman–Crippen LogP) is -0.390. The minimum Gasteiger partial charge on any atom is -0.479 e. The maximum atomic E-state index is 12.5. The van der Waals surface area contributed by atoms with E-state index in [9.17, 15) is 14.4 Å². The van der Waals surface area contributed by atoms with Crippen molar-refractivity contribution in [1.82, 2.24) is 9.80 Å². The second kappa shape index (κ2) is 6.45. The summed E-state index contributed by atoms with van der Waals surface area (Å²) in [5, 5.41) is 8.95. The van der Waals surface area contributed by atoms with E-state index in [1.165, 1.54) is 4.90 Å². The average Bonchev–Trinajstić information content (AvgIpc) is 2.95. The van der Waals surface area contributed by atoms with Gasteiger partial charge in [0.25, 0.3) is 0 Å². The summed E-state index contributed by atoms with van der Waals surface area (Å²) >= 11 is 1.54. The van der Waals surface area contributed by atoms with Gasteiger partial charge in [-0.3, -0.25) is 9.59 Å². The first-order valence-electron chi connectivity index (χ1n) is 6.55. The van der Waals surface area contributed by atoms with Crippen LogP contribution in [0.4, 0.5) is 0 Å². The lowest BCUT2D eigenvalue weighted by Gasteiger charge is -2.34. The van der Waals surface area contributed by atoms with E-state index in [0.29, 0.717) is 24.6 Å². The molecule has 8 heteroatoms. The number of carbonyl (C=O) groups is 3. The van der Waals surface area contributed by atoms with Crippen molar-refractivity contribution in [1.29, 1.82) is 0 Å². The topological polar surface area (TPSA) is 87.2 Å². The molecule has 0 radical (unpaired) electrons. The van der Waals surface area contributed by atoms with Gasteiger partial charge in [0.15, 0.2) is 6.10 Å². The Morgan fingerprint density at radius 2 is 2.15 bits per heavy atom. The number of rotatable bonds is 3. The SMILES string of the molecule is CCC(=O)N1CSCC1C(=O)N1CCOC(C(=O)O)C1. The molecule has 0 aromatic heterocycles. The van der Waals surface area contributed by atoms with Crippen LogP contribution >= 0.6 is 11.8 Å². The van der Waals surface area contributed by atoms with Crippen molar-refractivity contribution in [2.24, 2.45) is 0 Å². The zero-order chi connectivity index (χ0) is 14.7. The molecule has 2 atom stereocenters. The van der Waals surface area contributed by atoms with Crippen LogP contribution < -0.4 is 0 Å². The second-order valence-electron chi connectivity index (χ2n) is 4.71. The Morgan fingerprint density at radius 1 is 1.40 bits per heavy atom. The fourth-order valence-electron chi connectivity index (χ4n) is 2.31. The highest BCUT2D eigenvalue weighted by Gasteiger charge is 2.38. The number of nitrogens with zero attached hydrogens (tertiary/aromatic N) is 2. The van der Waals surface area contributed by atoms with Crippen molar-refractivity contribution < 1.29 is 24.2 Å². The molecule has 0 aromatic rings. The van der Waals surface area contributed by atoms with Crippen LogP contribution in [0.25, 0.3) is 0 Å². The number of hydrogen-bond donors (Lipinski definition) is 1. The largest absolute Gasteiger partial charge is 0.479 e. The minimum atomic E-state index is -1.07. The number of morpholine rings is 1. The fraction of sp³-hybridized carbons (Fsp3) is 0.750. The number of carboxylic acids is 1. The standard InChI is InChI=1S/C12H18N2O5S/c1-2-10(15)14-7-20-6-8(14)11(16)13-3-4-19-9(5-13)12(17)18/h8-9H,2-7H2,1H3,(H,17,18).